The molecule has 198 valence electrons. The number of nitrogens with one attached hydrogen (secondary N) is 3. The summed E-state index contributed by atoms with van der Waals surface area (Å²) in [4.78, 5) is 33.1. The topological polar surface area (TPSA) is 136 Å². The first-order chi connectivity index (χ1) is 17.7. The van der Waals surface area contributed by atoms with Gasteiger partial charge in [-0.05, 0) is 26.1 Å². The van der Waals surface area contributed by atoms with Crippen LogP contribution in [-0.4, -0.2) is 64.0 Å². The summed E-state index contributed by atoms with van der Waals surface area (Å²) < 4.78 is 21.6. The van der Waals surface area contributed by atoms with Crippen molar-refractivity contribution in [2.75, 3.05) is 32.8 Å². The van der Waals surface area contributed by atoms with Crippen molar-refractivity contribution in [2.24, 2.45) is 9.98 Å². The number of rotatable bonds is 8. The zero-order valence-electron chi connectivity index (χ0n) is 20.5. The molecule has 0 radical (unpaired) electrons. The van der Waals surface area contributed by atoms with Gasteiger partial charge in [-0.25, -0.2) is 9.98 Å². The third-order valence-corrected chi connectivity index (χ3v) is 6.24. The number of guanidine groups is 1. The molecule has 2 heterocycles. The van der Waals surface area contributed by atoms with E-state index in [1.54, 1.807) is 6.92 Å². The predicted molar refractivity (Wildman–Crippen MR) is 142 cm³/mol. The number of methoxy groups -OCH3 is 2. The van der Waals surface area contributed by atoms with Crippen molar-refractivity contribution in [1.29, 1.82) is 0 Å². The molecule has 2 atom stereocenters. The molecule has 1 saturated heterocycles. The van der Waals surface area contributed by atoms with E-state index in [-0.39, 0.29) is 56.9 Å². The molecular weight excluding hydrogens is 525 g/mol. The van der Waals surface area contributed by atoms with E-state index in [0.29, 0.717) is 31.1 Å². The van der Waals surface area contributed by atoms with Gasteiger partial charge in [0.25, 0.3) is 5.91 Å². The summed E-state index contributed by atoms with van der Waals surface area (Å²) in [6, 6.07) is 2.40. The molecule has 11 nitrogen and oxygen atoms in total. The Morgan fingerprint density at radius 1 is 1.14 bits per heavy atom. The molecule has 2 amide bonds. The van der Waals surface area contributed by atoms with E-state index in [1.165, 1.54) is 32.4 Å². The molecule has 0 saturated carbocycles. The Morgan fingerprint density at radius 3 is 2.41 bits per heavy atom. The van der Waals surface area contributed by atoms with Gasteiger partial charge in [0, 0.05) is 18.7 Å². The van der Waals surface area contributed by atoms with Crippen molar-refractivity contribution in [3.8, 4) is 11.5 Å². The zero-order chi connectivity index (χ0) is 27.1. The fourth-order valence-corrected chi connectivity index (χ4v) is 4.15. The van der Waals surface area contributed by atoms with E-state index in [9.17, 15) is 9.59 Å². The first-order valence-electron chi connectivity index (χ1n) is 11.1. The average Bonchev–Trinajstić information content (AvgIpc) is 3.27. The van der Waals surface area contributed by atoms with Crippen LogP contribution in [0.5, 0.6) is 11.5 Å². The van der Waals surface area contributed by atoms with E-state index < -0.39 is 5.91 Å². The minimum absolute atomic E-state index is 0.0503. The van der Waals surface area contributed by atoms with Crippen LogP contribution in [0.1, 0.15) is 22.7 Å². The second kappa shape index (κ2) is 12.6. The Balaban J connectivity index is 1.81. The average molecular weight is 552 g/mol. The van der Waals surface area contributed by atoms with Crippen LogP contribution in [0.25, 0.3) is 0 Å². The summed E-state index contributed by atoms with van der Waals surface area (Å²) in [6.45, 7) is 9.49. The van der Waals surface area contributed by atoms with Crippen LogP contribution in [0.4, 0.5) is 11.4 Å². The summed E-state index contributed by atoms with van der Waals surface area (Å²) in [5.41, 5.74) is 0.438. The highest BCUT2D eigenvalue weighted by Gasteiger charge is 2.28. The van der Waals surface area contributed by atoms with Gasteiger partial charge in [0.1, 0.15) is 33.0 Å². The van der Waals surface area contributed by atoms with Crippen LogP contribution in [0.2, 0.25) is 10.0 Å². The lowest BCUT2D eigenvalue weighted by molar-refractivity contribution is -0.118. The van der Waals surface area contributed by atoms with Crippen LogP contribution in [0, 0.1) is 6.92 Å². The first kappa shape index (κ1) is 28.0. The highest BCUT2D eigenvalue weighted by molar-refractivity contribution is 6.41. The van der Waals surface area contributed by atoms with Gasteiger partial charge in [0.05, 0.1) is 38.6 Å². The fourth-order valence-electron chi connectivity index (χ4n) is 3.55. The van der Waals surface area contributed by atoms with E-state index in [1.807, 2.05) is 0 Å². The maximum absolute atomic E-state index is 13.0. The Kier molecular flexibility index (Phi) is 9.56. The normalized spacial score (nSPS) is 17.5. The second-order valence-electron chi connectivity index (χ2n) is 7.82. The summed E-state index contributed by atoms with van der Waals surface area (Å²) in [5, 5.41) is 8.80. The number of nitrogens with zero attached hydrogens (tertiary/aromatic N) is 2. The van der Waals surface area contributed by atoms with Crippen LogP contribution in [-0.2, 0) is 9.53 Å². The Bertz CT molecular complexity index is 1200. The van der Waals surface area contributed by atoms with Crippen molar-refractivity contribution in [2.45, 2.75) is 25.4 Å². The first-order valence-corrected chi connectivity index (χ1v) is 11.8. The summed E-state index contributed by atoms with van der Waals surface area (Å²) in [6.07, 6.45) is 1.80. The third kappa shape index (κ3) is 6.62. The standard InChI is InChI=1S/C24H27Cl2N5O6/c1-6-19(32)28-13-7-8-36-11-15(13)30-24(27-3)29-14-9-18(37-12(14)2)23(33)31-22-20(25)16(34-4)10-17(35-5)21(22)26/h6,9-10,13,15H,1,3,7-8,11H2,2,4-5H3,(H,28,32)(H,29,30)(H,31,33). The van der Waals surface area contributed by atoms with Gasteiger partial charge >= 0.3 is 0 Å². The molecule has 1 aromatic carbocycles. The smallest absolute Gasteiger partial charge is 0.291 e. The maximum Gasteiger partial charge on any atom is 0.291 e. The largest absolute Gasteiger partial charge is 0.495 e. The highest BCUT2D eigenvalue weighted by atomic mass is 35.5. The van der Waals surface area contributed by atoms with E-state index in [0.717, 1.165) is 0 Å². The van der Waals surface area contributed by atoms with Crippen molar-refractivity contribution in [1.82, 2.24) is 10.6 Å². The molecule has 0 bridgehead atoms. The lowest BCUT2D eigenvalue weighted by Crippen LogP contribution is -2.56. The Labute approximate surface area is 223 Å². The summed E-state index contributed by atoms with van der Waals surface area (Å²) >= 11 is 12.7. The van der Waals surface area contributed by atoms with Crippen molar-refractivity contribution in [3.63, 3.8) is 0 Å². The fraction of sp³-hybridized carbons (Fsp3) is 0.333. The van der Waals surface area contributed by atoms with Crippen LogP contribution < -0.4 is 25.4 Å². The third-order valence-electron chi connectivity index (χ3n) is 5.49. The number of ether oxygens (including phenoxy) is 3. The van der Waals surface area contributed by atoms with Gasteiger partial charge in [-0.1, -0.05) is 29.8 Å². The molecule has 1 aliphatic heterocycles. The quantitative estimate of drug-likeness (QED) is 0.257. The van der Waals surface area contributed by atoms with Gasteiger partial charge in [-0.3, -0.25) is 9.59 Å². The minimum atomic E-state index is -0.627. The van der Waals surface area contributed by atoms with Gasteiger partial charge in [0.15, 0.2) is 5.76 Å². The van der Waals surface area contributed by atoms with Gasteiger partial charge in [-0.15, -0.1) is 0 Å². The molecule has 0 aliphatic carbocycles. The number of anilines is 1. The number of aliphatic imine (C=N–C) groups is 2. The number of hydrogen-bond acceptors (Lipinski definition) is 7. The number of benzene rings is 1. The zero-order valence-corrected chi connectivity index (χ0v) is 22.0. The Morgan fingerprint density at radius 2 is 1.81 bits per heavy atom. The molecule has 1 aromatic heterocycles. The molecule has 3 N–H and O–H groups in total. The van der Waals surface area contributed by atoms with E-state index in [4.69, 9.17) is 41.8 Å². The minimum Gasteiger partial charge on any atom is -0.495 e. The summed E-state index contributed by atoms with van der Waals surface area (Å²) in [5.74, 6) is 0.0716. The molecule has 13 heteroatoms. The highest BCUT2D eigenvalue weighted by Crippen LogP contribution is 2.44. The lowest BCUT2D eigenvalue weighted by atomic mass is 10.0. The maximum atomic E-state index is 13.0. The number of furan rings is 1. The van der Waals surface area contributed by atoms with Crippen molar-refractivity contribution >= 4 is 59.1 Å². The molecule has 2 aromatic rings. The second-order valence-corrected chi connectivity index (χ2v) is 8.57. The van der Waals surface area contributed by atoms with Crippen LogP contribution in [0.3, 0.4) is 0 Å². The van der Waals surface area contributed by atoms with Crippen molar-refractivity contribution in [3.05, 3.63) is 46.4 Å². The predicted octanol–water partition coefficient (Wildman–Crippen LogP) is 3.90. The Hall–Kier alpha value is -3.54. The van der Waals surface area contributed by atoms with E-state index >= 15 is 0 Å². The summed E-state index contributed by atoms with van der Waals surface area (Å²) in [7, 11) is 2.85. The number of hydrogen-bond donors (Lipinski definition) is 3. The monoisotopic (exact) mass is 551 g/mol. The molecule has 1 fully saturated rings. The van der Waals surface area contributed by atoms with E-state index in [2.05, 4.69) is 39.2 Å². The lowest BCUT2D eigenvalue weighted by Gasteiger charge is -2.32. The van der Waals surface area contributed by atoms with Gasteiger partial charge in [0.2, 0.25) is 11.9 Å². The van der Waals surface area contributed by atoms with Gasteiger partial charge in [-0.2, -0.15) is 0 Å². The molecular formula is C24H27Cl2N5O6. The SMILES string of the molecule is C=CC(=O)NC1CCOCC1N/C(N=C)=N/c1cc(C(=O)Nc2c(Cl)c(OC)cc(OC)c2Cl)oc1C. The van der Waals surface area contributed by atoms with Gasteiger partial charge < -0.3 is 34.6 Å². The van der Waals surface area contributed by atoms with Crippen LogP contribution in [0.15, 0.2) is 39.2 Å². The number of amides is 2. The number of halogens is 2. The number of carbonyl (C=O) groups is 2. The van der Waals surface area contributed by atoms with Crippen LogP contribution >= 0.6 is 23.2 Å². The number of carbonyl (C=O) groups excluding carboxylic acids is 2. The number of aryl methyl sites for hydroxylation is 1. The molecule has 2 unspecified atom stereocenters. The van der Waals surface area contributed by atoms with Crippen molar-refractivity contribution < 1.29 is 28.2 Å². The molecule has 0 spiro atoms. The molecule has 1 aliphatic rings. The molecule has 3 rings (SSSR count). The molecule has 37 heavy (non-hydrogen) atoms.